The van der Waals surface area contributed by atoms with Gasteiger partial charge in [0.2, 0.25) is 0 Å². The predicted octanol–water partition coefficient (Wildman–Crippen LogP) is 4.82. The summed E-state index contributed by atoms with van der Waals surface area (Å²) in [6.07, 6.45) is 7.32. The van der Waals surface area contributed by atoms with Crippen LogP contribution in [0.4, 0.5) is 0 Å². The molecule has 0 spiro atoms. The van der Waals surface area contributed by atoms with E-state index < -0.39 is 0 Å². The third kappa shape index (κ3) is 3.41. The lowest BCUT2D eigenvalue weighted by molar-refractivity contribution is 1.04. The highest BCUT2D eigenvalue weighted by Crippen LogP contribution is 2.22. The topological polar surface area (TPSA) is 25.8 Å². The van der Waals surface area contributed by atoms with Gasteiger partial charge < -0.3 is 0 Å². The molecule has 1 aromatic heterocycles. The van der Waals surface area contributed by atoms with Gasteiger partial charge in [-0.2, -0.15) is 0 Å². The highest BCUT2D eigenvalue weighted by Gasteiger charge is 2.06. The van der Waals surface area contributed by atoms with Crippen molar-refractivity contribution in [2.45, 2.75) is 27.2 Å². The molecule has 0 amide bonds. The molecule has 0 unspecified atom stereocenters. The summed E-state index contributed by atoms with van der Waals surface area (Å²) in [5.74, 6) is 0.799. The van der Waals surface area contributed by atoms with Crippen LogP contribution in [0.25, 0.3) is 16.8 Å². The van der Waals surface area contributed by atoms with Crippen LogP contribution in [0.1, 0.15) is 31.8 Å². The first-order chi connectivity index (χ1) is 9.74. The largest absolute Gasteiger partial charge is 0.233 e. The van der Waals surface area contributed by atoms with E-state index in [0.29, 0.717) is 0 Å². The van der Waals surface area contributed by atoms with Crippen molar-refractivity contribution in [2.75, 3.05) is 0 Å². The average molecular weight is 264 g/mol. The van der Waals surface area contributed by atoms with Crippen LogP contribution in [0, 0.1) is 6.92 Å². The zero-order valence-electron chi connectivity index (χ0n) is 12.3. The summed E-state index contributed by atoms with van der Waals surface area (Å²) < 4.78 is 0. The lowest BCUT2D eigenvalue weighted by Crippen LogP contribution is -1.96. The lowest BCUT2D eigenvalue weighted by Gasteiger charge is -2.07. The Hall–Kier alpha value is -2.22. The van der Waals surface area contributed by atoms with Crippen LogP contribution in [-0.2, 0) is 0 Å². The van der Waals surface area contributed by atoms with Gasteiger partial charge in [-0.1, -0.05) is 55.5 Å². The van der Waals surface area contributed by atoms with E-state index in [1.165, 1.54) is 0 Å². The Morgan fingerprint density at radius 2 is 1.90 bits per heavy atom. The molecule has 0 radical (unpaired) electrons. The standard InChI is InChI=1S/C18H20N2/c1-4-9-15(10-5-2)17-13-18(20-14(3)19-17)16-11-7-6-8-12-16/h4,6-13H,5H2,1-3H3/b9-4-,15-10+. The summed E-state index contributed by atoms with van der Waals surface area (Å²) in [6, 6.07) is 12.3. The molecule has 2 nitrogen and oxygen atoms in total. The van der Waals surface area contributed by atoms with E-state index in [2.05, 4.69) is 47.2 Å². The molecule has 0 fully saturated rings. The third-order valence-electron chi connectivity index (χ3n) is 2.97. The average Bonchev–Trinajstić information content (AvgIpc) is 2.47. The Bertz CT molecular complexity index is 625. The van der Waals surface area contributed by atoms with Crippen LogP contribution in [-0.4, -0.2) is 9.97 Å². The maximum Gasteiger partial charge on any atom is 0.126 e. The van der Waals surface area contributed by atoms with Gasteiger partial charge in [-0.3, -0.25) is 0 Å². The predicted molar refractivity (Wildman–Crippen MR) is 85.3 cm³/mol. The Balaban J connectivity index is 2.51. The highest BCUT2D eigenvalue weighted by molar-refractivity contribution is 5.74. The molecule has 102 valence electrons. The van der Waals surface area contributed by atoms with Crippen molar-refractivity contribution in [3.63, 3.8) is 0 Å². The molecule has 0 saturated heterocycles. The van der Waals surface area contributed by atoms with E-state index in [4.69, 9.17) is 0 Å². The quantitative estimate of drug-likeness (QED) is 0.740. The van der Waals surface area contributed by atoms with Crippen LogP contribution in [0.5, 0.6) is 0 Å². The second-order valence-corrected chi connectivity index (χ2v) is 4.62. The fourth-order valence-electron chi connectivity index (χ4n) is 2.13. The molecule has 2 heteroatoms. The van der Waals surface area contributed by atoms with Gasteiger partial charge in [0, 0.05) is 5.56 Å². The van der Waals surface area contributed by atoms with Crippen molar-refractivity contribution in [1.82, 2.24) is 9.97 Å². The molecule has 20 heavy (non-hydrogen) atoms. The van der Waals surface area contributed by atoms with Gasteiger partial charge in [0.05, 0.1) is 11.4 Å². The highest BCUT2D eigenvalue weighted by atomic mass is 14.9. The Morgan fingerprint density at radius 3 is 2.55 bits per heavy atom. The fraction of sp³-hybridized carbons (Fsp3) is 0.222. The molecular weight excluding hydrogens is 244 g/mol. The molecule has 0 aliphatic rings. The second kappa shape index (κ2) is 6.80. The van der Waals surface area contributed by atoms with Gasteiger partial charge in [-0.15, -0.1) is 0 Å². The van der Waals surface area contributed by atoms with Crippen molar-refractivity contribution in [3.8, 4) is 11.3 Å². The Morgan fingerprint density at radius 1 is 1.15 bits per heavy atom. The van der Waals surface area contributed by atoms with Gasteiger partial charge in [-0.25, -0.2) is 9.97 Å². The maximum absolute atomic E-state index is 4.57. The number of rotatable bonds is 4. The normalized spacial score (nSPS) is 12.1. The molecular formula is C18H20N2. The van der Waals surface area contributed by atoms with E-state index in [1.807, 2.05) is 38.1 Å². The number of allylic oxidation sites excluding steroid dienone is 4. The van der Waals surface area contributed by atoms with Crippen LogP contribution >= 0.6 is 0 Å². The molecule has 1 heterocycles. The third-order valence-corrected chi connectivity index (χ3v) is 2.97. The van der Waals surface area contributed by atoms with Gasteiger partial charge in [0.25, 0.3) is 0 Å². The molecule has 1 aromatic carbocycles. The van der Waals surface area contributed by atoms with Crippen molar-refractivity contribution in [3.05, 3.63) is 66.1 Å². The summed E-state index contributed by atoms with van der Waals surface area (Å²) >= 11 is 0. The van der Waals surface area contributed by atoms with Crippen LogP contribution < -0.4 is 0 Å². The molecule has 0 aliphatic carbocycles. The van der Waals surface area contributed by atoms with Crippen LogP contribution in [0.15, 0.2) is 54.6 Å². The summed E-state index contributed by atoms with van der Waals surface area (Å²) in [4.78, 5) is 9.11. The van der Waals surface area contributed by atoms with Gasteiger partial charge in [0.15, 0.2) is 0 Å². The Kier molecular flexibility index (Phi) is 4.83. The monoisotopic (exact) mass is 264 g/mol. The molecule has 0 bridgehead atoms. The van der Waals surface area contributed by atoms with Gasteiger partial charge in [-0.05, 0) is 31.9 Å². The van der Waals surface area contributed by atoms with Crippen LogP contribution in [0.3, 0.4) is 0 Å². The first-order valence-corrected chi connectivity index (χ1v) is 6.99. The second-order valence-electron chi connectivity index (χ2n) is 4.62. The van der Waals surface area contributed by atoms with Gasteiger partial charge >= 0.3 is 0 Å². The van der Waals surface area contributed by atoms with E-state index in [-0.39, 0.29) is 0 Å². The summed E-state index contributed by atoms with van der Waals surface area (Å²) in [5.41, 5.74) is 4.23. The van der Waals surface area contributed by atoms with E-state index >= 15 is 0 Å². The minimum Gasteiger partial charge on any atom is -0.233 e. The van der Waals surface area contributed by atoms with Crippen molar-refractivity contribution < 1.29 is 0 Å². The summed E-state index contributed by atoms with van der Waals surface area (Å²) in [7, 11) is 0. The zero-order chi connectivity index (χ0) is 14.4. The summed E-state index contributed by atoms with van der Waals surface area (Å²) in [5, 5.41) is 0. The van der Waals surface area contributed by atoms with Gasteiger partial charge in [0.1, 0.15) is 5.82 Å². The zero-order valence-corrected chi connectivity index (χ0v) is 12.3. The van der Waals surface area contributed by atoms with Crippen molar-refractivity contribution in [2.24, 2.45) is 0 Å². The van der Waals surface area contributed by atoms with E-state index in [0.717, 1.165) is 34.8 Å². The fourth-order valence-corrected chi connectivity index (χ4v) is 2.13. The number of aromatic nitrogens is 2. The Labute approximate surface area is 120 Å². The van der Waals surface area contributed by atoms with Crippen molar-refractivity contribution in [1.29, 1.82) is 0 Å². The molecule has 0 aliphatic heterocycles. The number of aryl methyl sites for hydroxylation is 1. The molecule has 0 saturated carbocycles. The molecule has 2 rings (SSSR count). The maximum atomic E-state index is 4.57. The molecule has 2 aromatic rings. The van der Waals surface area contributed by atoms with E-state index in [9.17, 15) is 0 Å². The lowest BCUT2D eigenvalue weighted by atomic mass is 10.1. The number of nitrogens with zero attached hydrogens (tertiary/aromatic N) is 2. The van der Waals surface area contributed by atoms with E-state index in [1.54, 1.807) is 0 Å². The number of hydrogen-bond acceptors (Lipinski definition) is 2. The molecule has 0 atom stereocenters. The van der Waals surface area contributed by atoms with Crippen LogP contribution in [0.2, 0.25) is 0 Å². The number of benzene rings is 1. The first-order valence-electron chi connectivity index (χ1n) is 6.99. The minimum absolute atomic E-state index is 0.799. The molecule has 0 N–H and O–H groups in total. The van der Waals surface area contributed by atoms with Crippen molar-refractivity contribution >= 4 is 5.57 Å². The number of hydrogen-bond donors (Lipinski definition) is 0. The summed E-state index contributed by atoms with van der Waals surface area (Å²) in [6.45, 7) is 6.10. The SMILES string of the molecule is C/C=C\C(=C/CC)c1cc(-c2ccccc2)nc(C)n1. The first kappa shape index (κ1) is 14.2. The smallest absolute Gasteiger partial charge is 0.126 e. The minimum atomic E-state index is 0.799.